The van der Waals surface area contributed by atoms with Crippen molar-refractivity contribution in [2.24, 2.45) is 0 Å². The maximum Gasteiger partial charge on any atom is 0.0561 e. The molecule has 0 bridgehead atoms. The summed E-state index contributed by atoms with van der Waals surface area (Å²) in [5.74, 6) is 0. The van der Waals surface area contributed by atoms with E-state index in [1.807, 2.05) is 0 Å². The first-order valence-electron chi connectivity index (χ1n) is 19.4. The predicted molar refractivity (Wildman–Crippen MR) is 241 cm³/mol. The van der Waals surface area contributed by atoms with Gasteiger partial charge in [0, 0.05) is 50.6 Å². The van der Waals surface area contributed by atoms with Gasteiger partial charge >= 0.3 is 0 Å². The third-order valence-corrected chi connectivity index (χ3v) is 10.8. The lowest BCUT2D eigenvalue weighted by Crippen LogP contribution is -2.10. The van der Waals surface area contributed by atoms with Crippen molar-refractivity contribution >= 4 is 55.9 Å². The van der Waals surface area contributed by atoms with Crippen LogP contribution < -0.4 is 9.80 Å². The van der Waals surface area contributed by atoms with Crippen LogP contribution in [0.3, 0.4) is 0 Å². The van der Waals surface area contributed by atoms with Crippen molar-refractivity contribution in [3.05, 3.63) is 237 Å². The summed E-state index contributed by atoms with van der Waals surface area (Å²) >= 11 is 0. The molecule has 0 saturated carbocycles. The third kappa shape index (κ3) is 6.52. The van der Waals surface area contributed by atoms with Crippen molar-refractivity contribution in [3.63, 3.8) is 0 Å². The van der Waals surface area contributed by atoms with E-state index in [2.05, 4.69) is 251 Å². The van der Waals surface area contributed by atoms with Crippen LogP contribution in [0.2, 0.25) is 0 Å². The fourth-order valence-electron chi connectivity index (χ4n) is 8.04. The van der Waals surface area contributed by atoms with E-state index in [0.29, 0.717) is 0 Å². The molecule has 0 aliphatic carbocycles. The number of aromatic nitrogens is 1. The van der Waals surface area contributed by atoms with Gasteiger partial charge in [-0.05, 0) is 113 Å². The highest BCUT2D eigenvalue weighted by Crippen LogP contribution is 2.41. The summed E-state index contributed by atoms with van der Waals surface area (Å²) in [6, 6.07) is 84.6. The molecule has 1 heterocycles. The summed E-state index contributed by atoms with van der Waals surface area (Å²) in [7, 11) is 0. The zero-order valence-electron chi connectivity index (χ0n) is 31.4. The van der Waals surface area contributed by atoms with Gasteiger partial charge in [-0.2, -0.15) is 0 Å². The predicted octanol–water partition coefficient (Wildman–Crippen LogP) is 15.1. The Morgan fingerprint density at radius 3 is 1.11 bits per heavy atom. The lowest BCUT2D eigenvalue weighted by Gasteiger charge is -2.26. The van der Waals surface area contributed by atoms with Gasteiger partial charge in [-0.25, -0.2) is 0 Å². The van der Waals surface area contributed by atoms with E-state index in [0.717, 1.165) is 45.3 Å². The van der Waals surface area contributed by atoms with Gasteiger partial charge in [0.15, 0.2) is 0 Å². The zero-order valence-corrected chi connectivity index (χ0v) is 31.4. The summed E-state index contributed by atoms with van der Waals surface area (Å²) in [4.78, 5) is 4.64. The van der Waals surface area contributed by atoms with Crippen molar-refractivity contribution in [3.8, 4) is 27.9 Å². The smallest absolute Gasteiger partial charge is 0.0561 e. The number of hydrogen-bond acceptors (Lipinski definition) is 2. The molecule has 0 spiro atoms. The first-order valence-corrected chi connectivity index (χ1v) is 19.4. The fourth-order valence-corrected chi connectivity index (χ4v) is 8.04. The quantitative estimate of drug-likeness (QED) is 0.147. The van der Waals surface area contributed by atoms with E-state index in [4.69, 9.17) is 0 Å². The number of anilines is 6. The second-order valence-corrected chi connectivity index (χ2v) is 14.2. The summed E-state index contributed by atoms with van der Waals surface area (Å²) in [6.45, 7) is 0. The SMILES string of the molecule is c1ccc(-c2ccc(N(c3ccccc3)c3ccc4c5ccccc5n(-c5ccc(-c6ccc(N(c7ccccc7)c7ccccc7)cc6)cc5)c4c3)cc2)cc1. The Morgan fingerprint density at radius 1 is 0.246 bits per heavy atom. The second-order valence-electron chi connectivity index (χ2n) is 14.2. The van der Waals surface area contributed by atoms with Gasteiger partial charge in [0.05, 0.1) is 11.0 Å². The summed E-state index contributed by atoms with van der Waals surface area (Å²) < 4.78 is 2.40. The van der Waals surface area contributed by atoms with Crippen LogP contribution in [0.5, 0.6) is 0 Å². The van der Waals surface area contributed by atoms with Gasteiger partial charge in [-0.15, -0.1) is 0 Å². The van der Waals surface area contributed by atoms with Crippen molar-refractivity contribution in [1.29, 1.82) is 0 Å². The summed E-state index contributed by atoms with van der Waals surface area (Å²) in [6.07, 6.45) is 0. The molecule has 0 aliphatic heterocycles. The minimum Gasteiger partial charge on any atom is -0.311 e. The Kier molecular flexibility index (Phi) is 8.86. The van der Waals surface area contributed by atoms with E-state index in [1.165, 1.54) is 38.5 Å². The van der Waals surface area contributed by atoms with Crippen LogP contribution in [0.4, 0.5) is 34.1 Å². The van der Waals surface area contributed by atoms with Gasteiger partial charge in [-0.1, -0.05) is 146 Å². The van der Waals surface area contributed by atoms with E-state index in [1.54, 1.807) is 0 Å². The largest absolute Gasteiger partial charge is 0.311 e. The molecule has 3 nitrogen and oxygen atoms in total. The molecule has 0 radical (unpaired) electrons. The van der Waals surface area contributed by atoms with Gasteiger partial charge in [0.2, 0.25) is 0 Å². The average molecular weight is 730 g/mol. The molecular weight excluding hydrogens is 691 g/mol. The van der Waals surface area contributed by atoms with Crippen LogP contribution in [0, 0.1) is 0 Å². The van der Waals surface area contributed by atoms with Gasteiger partial charge in [0.1, 0.15) is 0 Å². The lowest BCUT2D eigenvalue weighted by atomic mass is 10.0. The maximum absolute atomic E-state index is 2.40. The van der Waals surface area contributed by atoms with Crippen molar-refractivity contribution < 1.29 is 0 Å². The lowest BCUT2D eigenvalue weighted by molar-refractivity contribution is 1.18. The first-order chi connectivity index (χ1) is 28.3. The van der Waals surface area contributed by atoms with Crippen molar-refractivity contribution in [2.75, 3.05) is 9.80 Å². The van der Waals surface area contributed by atoms with E-state index < -0.39 is 0 Å². The first kappa shape index (κ1) is 33.9. The topological polar surface area (TPSA) is 11.4 Å². The van der Waals surface area contributed by atoms with E-state index in [9.17, 15) is 0 Å². The third-order valence-electron chi connectivity index (χ3n) is 10.8. The Morgan fingerprint density at radius 2 is 0.596 bits per heavy atom. The van der Waals surface area contributed by atoms with Crippen LogP contribution in [0.15, 0.2) is 237 Å². The molecule has 0 amide bonds. The molecule has 10 rings (SSSR count). The van der Waals surface area contributed by atoms with Gasteiger partial charge in [-0.3, -0.25) is 0 Å². The van der Waals surface area contributed by atoms with E-state index >= 15 is 0 Å². The monoisotopic (exact) mass is 729 g/mol. The second kappa shape index (κ2) is 14.9. The maximum atomic E-state index is 2.40. The molecule has 3 heteroatoms. The molecule has 1 aromatic heterocycles. The average Bonchev–Trinajstić information content (AvgIpc) is 3.62. The van der Waals surface area contributed by atoms with Crippen LogP contribution in [-0.2, 0) is 0 Å². The standard InChI is InChI=1S/C54H39N3/c1-5-15-40(16-6-1)41-25-33-48(34-26-41)56(46-21-11-4-12-22-46)50-37-38-52-51-23-13-14-24-53(51)57(54(52)39-50)49-35-29-43(30-36-49)42-27-31-47(32-28-42)55(44-17-7-2-8-18-44)45-19-9-3-10-20-45/h1-39H. The van der Waals surface area contributed by atoms with Crippen LogP contribution in [-0.4, -0.2) is 4.57 Å². The Bertz CT molecular complexity index is 2860. The molecule has 0 N–H and O–H groups in total. The molecule has 0 saturated heterocycles. The number of para-hydroxylation sites is 4. The molecule has 9 aromatic carbocycles. The molecule has 57 heavy (non-hydrogen) atoms. The van der Waals surface area contributed by atoms with Crippen LogP contribution >= 0.6 is 0 Å². The summed E-state index contributed by atoms with van der Waals surface area (Å²) in [5.41, 5.74) is 14.9. The number of hydrogen-bond donors (Lipinski definition) is 0. The van der Waals surface area contributed by atoms with Gasteiger partial charge < -0.3 is 14.4 Å². The zero-order chi connectivity index (χ0) is 38.0. The van der Waals surface area contributed by atoms with Crippen molar-refractivity contribution in [1.82, 2.24) is 4.57 Å². The molecular formula is C54H39N3. The molecule has 270 valence electrons. The normalized spacial score (nSPS) is 11.2. The van der Waals surface area contributed by atoms with Gasteiger partial charge in [0.25, 0.3) is 0 Å². The molecule has 10 aromatic rings. The molecule has 0 atom stereocenters. The highest BCUT2D eigenvalue weighted by molar-refractivity contribution is 6.10. The minimum atomic E-state index is 1.10. The molecule has 0 unspecified atom stereocenters. The van der Waals surface area contributed by atoms with Crippen LogP contribution in [0.1, 0.15) is 0 Å². The highest BCUT2D eigenvalue weighted by atomic mass is 15.1. The molecule has 0 fully saturated rings. The minimum absolute atomic E-state index is 1.10. The van der Waals surface area contributed by atoms with Crippen molar-refractivity contribution in [2.45, 2.75) is 0 Å². The Labute approximate surface area is 333 Å². The number of benzene rings is 9. The Balaban J connectivity index is 1.02. The Hall–Kier alpha value is -7.62. The number of nitrogens with zero attached hydrogens (tertiary/aromatic N) is 3. The number of fused-ring (bicyclic) bond motifs is 3. The van der Waals surface area contributed by atoms with Crippen LogP contribution in [0.25, 0.3) is 49.7 Å². The van der Waals surface area contributed by atoms with E-state index in [-0.39, 0.29) is 0 Å². The molecule has 0 aliphatic rings. The summed E-state index contributed by atoms with van der Waals surface area (Å²) in [5, 5.41) is 2.46. The highest BCUT2D eigenvalue weighted by Gasteiger charge is 2.18. The number of rotatable bonds is 9. The fraction of sp³-hybridized carbons (Fsp3) is 0.